The third-order valence-electron chi connectivity index (χ3n) is 3.28. The average Bonchev–Trinajstić information content (AvgIpc) is 2.38. The normalized spacial score (nSPS) is 11.2. The molecule has 4 nitrogen and oxygen atoms in total. The molecule has 106 valence electrons. The molecule has 0 aromatic heterocycles. The zero-order valence-corrected chi connectivity index (χ0v) is 12.2. The summed E-state index contributed by atoms with van der Waals surface area (Å²) in [4.78, 5) is 11.7. The Kier molecular flexibility index (Phi) is 5.21. The lowest BCUT2D eigenvalue weighted by atomic mass is 9.90. The van der Waals surface area contributed by atoms with Gasteiger partial charge in [-0.05, 0) is 37.0 Å². The summed E-state index contributed by atoms with van der Waals surface area (Å²) in [6.45, 7) is 9.52. The summed E-state index contributed by atoms with van der Waals surface area (Å²) in [7, 11) is 0. The number of carbonyl (C=O) groups excluding carboxylic acids is 1. The number of nitrogen functional groups attached to an aromatic ring is 1. The molecule has 0 aliphatic carbocycles. The monoisotopic (exact) mass is 264 g/mol. The van der Waals surface area contributed by atoms with Crippen LogP contribution in [-0.4, -0.2) is 19.1 Å². The molecular formula is C15H24N2O2. The van der Waals surface area contributed by atoms with Crippen LogP contribution in [0.25, 0.3) is 0 Å². The topological polar surface area (TPSA) is 64.3 Å². The van der Waals surface area contributed by atoms with Crippen LogP contribution >= 0.6 is 0 Å². The van der Waals surface area contributed by atoms with Gasteiger partial charge in [0.15, 0.2) is 0 Å². The summed E-state index contributed by atoms with van der Waals surface area (Å²) in [5.74, 6) is -0.376. The maximum Gasteiger partial charge on any atom is 0.340 e. The highest BCUT2D eigenvalue weighted by atomic mass is 16.5. The number of benzene rings is 1. The van der Waals surface area contributed by atoms with E-state index >= 15 is 0 Å². The minimum atomic E-state index is -0.376. The number of nitrogens with two attached hydrogens (primary N) is 1. The van der Waals surface area contributed by atoms with E-state index in [4.69, 9.17) is 10.5 Å². The summed E-state index contributed by atoms with van der Waals surface area (Å²) >= 11 is 0. The number of hydrogen-bond donors (Lipinski definition) is 2. The number of rotatable bonds is 6. The second-order valence-electron chi connectivity index (χ2n) is 5.39. The molecule has 0 amide bonds. The first-order valence-electron chi connectivity index (χ1n) is 6.70. The molecule has 0 heterocycles. The Morgan fingerprint density at radius 1 is 1.37 bits per heavy atom. The zero-order chi connectivity index (χ0) is 14.5. The largest absolute Gasteiger partial charge is 0.462 e. The van der Waals surface area contributed by atoms with Gasteiger partial charge in [0.2, 0.25) is 0 Å². The standard InChI is InChI=1S/C15H24N2O2/c1-5-15(3,4)10-17-11-7-8-13(16)12(9-11)14(18)19-6-2/h7-9,17H,5-6,10,16H2,1-4H3. The fraction of sp³-hybridized carbons (Fsp3) is 0.533. The molecule has 1 rings (SSSR count). The van der Waals surface area contributed by atoms with Crippen molar-refractivity contribution in [2.24, 2.45) is 5.41 Å². The van der Waals surface area contributed by atoms with Crippen LogP contribution in [0.3, 0.4) is 0 Å². The van der Waals surface area contributed by atoms with Gasteiger partial charge in [0.05, 0.1) is 12.2 Å². The molecule has 0 atom stereocenters. The van der Waals surface area contributed by atoms with Crippen LogP contribution in [0.5, 0.6) is 0 Å². The van der Waals surface area contributed by atoms with Crippen molar-refractivity contribution < 1.29 is 9.53 Å². The quantitative estimate of drug-likeness (QED) is 0.611. The minimum Gasteiger partial charge on any atom is -0.462 e. The van der Waals surface area contributed by atoms with Crippen LogP contribution in [0.2, 0.25) is 0 Å². The van der Waals surface area contributed by atoms with Crippen LogP contribution in [-0.2, 0) is 4.74 Å². The molecule has 1 aromatic carbocycles. The predicted octanol–water partition coefficient (Wildman–Crippen LogP) is 3.29. The van der Waals surface area contributed by atoms with E-state index in [0.717, 1.165) is 18.7 Å². The van der Waals surface area contributed by atoms with E-state index < -0.39 is 0 Å². The smallest absolute Gasteiger partial charge is 0.340 e. The summed E-state index contributed by atoms with van der Waals surface area (Å²) in [5, 5.41) is 3.34. The van der Waals surface area contributed by atoms with Crippen LogP contribution in [0, 0.1) is 5.41 Å². The molecule has 0 radical (unpaired) electrons. The molecule has 3 N–H and O–H groups in total. The van der Waals surface area contributed by atoms with Gasteiger partial charge in [0.25, 0.3) is 0 Å². The molecule has 0 aliphatic heterocycles. The maximum atomic E-state index is 11.7. The lowest BCUT2D eigenvalue weighted by Gasteiger charge is -2.23. The third-order valence-corrected chi connectivity index (χ3v) is 3.28. The molecule has 4 heteroatoms. The van der Waals surface area contributed by atoms with Crippen molar-refractivity contribution in [3.05, 3.63) is 23.8 Å². The zero-order valence-electron chi connectivity index (χ0n) is 12.2. The van der Waals surface area contributed by atoms with Gasteiger partial charge in [0.1, 0.15) is 0 Å². The number of ether oxygens (including phenoxy) is 1. The lowest BCUT2D eigenvalue weighted by Crippen LogP contribution is -2.22. The van der Waals surface area contributed by atoms with Crippen molar-refractivity contribution in [1.82, 2.24) is 0 Å². The summed E-state index contributed by atoms with van der Waals surface area (Å²) in [5.41, 5.74) is 7.76. The second-order valence-corrected chi connectivity index (χ2v) is 5.39. The SMILES string of the molecule is CCOC(=O)c1cc(NCC(C)(C)CC)ccc1N. The fourth-order valence-electron chi connectivity index (χ4n) is 1.52. The third kappa shape index (κ3) is 4.47. The van der Waals surface area contributed by atoms with E-state index in [2.05, 4.69) is 26.1 Å². The van der Waals surface area contributed by atoms with Crippen molar-refractivity contribution in [1.29, 1.82) is 0 Å². The predicted molar refractivity (Wildman–Crippen MR) is 79.4 cm³/mol. The number of nitrogens with one attached hydrogen (secondary N) is 1. The van der Waals surface area contributed by atoms with Crippen LogP contribution < -0.4 is 11.1 Å². The first kappa shape index (κ1) is 15.3. The molecule has 19 heavy (non-hydrogen) atoms. The molecule has 0 unspecified atom stereocenters. The first-order chi connectivity index (χ1) is 8.89. The van der Waals surface area contributed by atoms with Gasteiger partial charge in [-0.15, -0.1) is 0 Å². The molecule has 0 saturated carbocycles. The molecule has 0 fully saturated rings. The van der Waals surface area contributed by atoms with Gasteiger partial charge in [-0.3, -0.25) is 0 Å². The molecular weight excluding hydrogens is 240 g/mol. The molecule has 0 aliphatic rings. The molecule has 0 bridgehead atoms. The summed E-state index contributed by atoms with van der Waals surface area (Å²) < 4.78 is 4.98. The number of anilines is 2. The highest BCUT2D eigenvalue weighted by Gasteiger charge is 2.16. The van der Waals surface area contributed by atoms with Crippen molar-refractivity contribution in [2.75, 3.05) is 24.2 Å². The highest BCUT2D eigenvalue weighted by molar-refractivity contribution is 5.96. The van der Waals surface area contributed by atoms with E-state index in [1.54, 1.807) is 19.1 Å². The van der Waals surface area contributed by atoms with Gasteiger partial charge in [-0.2, -0.15) is 0 Å². The number of hydrogen-bond acceptors (Lipinski definition) is 4. The van der Waals surface area contributed by atoms with Crippen LogP contribution in [0.4, 0.5) is 11.4 Å². The van der Waals surface area contributed by atoms with E-state index in [9.17, 15) is 4.79 Å². The van der Waals surface area contributed by atoms with Crippen LogP contribution in [0.15, 0.2) is 18.2 Å². The van der Waals surface area contributed by atoms with Crippen molar-refractivity contribution in [3.8, 4) is 0 Å². The highest BCUT2D eigenvalue weighted by Crippen LogP contribution is 2.23. The van der Waals surface area contributed by atoms with Gasteiger partial charge in [0, 0.05) is 17.9 Å². The minimum absolute atomic E-state index is 0.214. The maximum absolute atomic E-state index is 11.7. The van der Waals surface area contributed by atoms with Crippen molar-refractivity contribution in [2.45, 2.75) is 34.1 Å². The lowest BCUT2D eigenvalue weighted by molar-refractivity contribution is 0.0527. The Balaban J connectivity index is 2.82. The van der Waals surface area contributed by atoms with Crippen molar-refractivity contribution >= 4 is 17.3 Å². The number of esters is 1. The van der Waals surface area contributed by atoms with E-state index in [1.807, 2.05) is 6.07 Å². The van der Waals surface area contributed by atoms with E-state index in [1.165, 1.54) is 0 Å². The Morgan fingerprint density at radius 3 is 2.63 bits per heavy atom. The molecule has 0 saturated heterocycles. The Hall–Kier alpha value is -1.71. The summed E-state index contributed by atoms with van der Waals surface area (Å²) in [6, 6.07) is 5.36. The van der Waals surface area contributed by atoms with Gasteiger partial charge in [-0.25, -0.2) is 4.79 Å². The summed E-state index contributed by atoms with van der Waals surface area (Å²) in [6.07, 6.45) is 1.08. The van der Waals surface area contributed by atoms with E-state index in [-0.39, 0.29) is 11.4 Å². The Bertz CT molecular complexity index is 442. The van der Waals surface area contributed by atoms with Crippen molar-refractivity contribution in [3.63, 3.8) is 0 Å². The average molecular weight is 264 g/mol. The van der Waals surface area contributed by atoms with Gasteiger partial charge in [-0.1, -0.05) is 20.8 Å². The fourth-order valence-corrected chi connectivity index (χ4v) is 1.52. The first-order valence-corrected chi connectivity index (χ1v) is 6.70. The van der Waals surface area contributed by atoms with Crippen LogP contribution in [0.1, 0.15) is 44.5 Å². The van der Waals surface area contributed by atoms with Gasteiger partial charge < -0.3 is 15.8 Å². The Labute approximate surface area is 115 Å². The van der Waals surface area contributed by atoms with E-state index in [0.29, 0.717) is 17.9 Å². The van der Waals surface area contributed by atoms with Gasteiger partial charge >= 0.3 is 5.97 Å². The Morgan fingerprint density at radius 2 is 2.05 bits per heavy atom. The molecule has 1 aromatic rings. The second kappa shape index (κ2) is 6.45. The molecule has 0 spiro atoms. The number of carbonyl (C=O) groups is 1.